The van der Waals surface area contributed by atoms with Crippen LogP contribution in [0.1, 0.15) is 34.0 Å². The molecule has 0 unspecified atom stereocenters. The average molecular weight is 351 g/mol. The van der Waals surface area contributed by atoms with E-state index in [-0.39, 0.29) is 35.3 Å². The van der Waals surface area contributed by atoms with E-state index in [1.807, 2.05) is 6.07 Å². The standard InChI is InChI=1S/C19H14FN3O3/c20-12-3-5-13(6-4-12)23-10-15(19(25)26)17-18(23)14(8-16(24)22-17)11-2-1-7-21-9-11/h1-7,9-10,14H,8H2,(H,22,24)(H,25,26)/t14-/m1/s1. The molecule has 0 fully saturated rings. The monoisotopic (exact) mass is 351 g/mol. The Kier molecular flexibility index (Phi) is 3.76. The first kappa shape index (κ1) is 16.0. The van der Waals surface area contributed by atoms with E-state index in [0.29, 0.717) is 11.4 Å². The molecule has 0 bridgehead atoms. The first-order valence-electron chi connectivity index (χ1n) is 7.99. The fraction of sp³-hybridized carbons (Fsp3) is 0.105. The molecule has 1 aliphatic rings. The van der Waals surface area contributed by atoms with Gasteiger partial charge in [0.1, 0.15) is 11.4 Å². The number of pyridine rings is 1. The quantitative estimate of drug-likeness (QED) is 0.759. The van der Waals surface area contributed by atoms with E-state index in [0.717, 1.165) is 5.56 Å². The predicted molar refractivity (Wildman–Crippen MR) is 92.0 cm³/mol. The number of aromatic nitrogens is 2. The molecule has 1 atom stereocenters. The molecular weight excluding hydrogens is 337 g/mol. The van der Waals surface area contributed by atoms with Gasteiger partial charge in [-0.05, 0) is 35.9 Å². The summed E-state index contributed by atoms with van der Waals surface area (Å²) in [5.41, 5.74) is 2.32. The molecular formula is C19H14FN3O3. The van der Waals surface area contributed by atoms with Crippen LogP contribution in [0.25, 0.3) is 5.69 Å². The lowest BCUT2D eigenvalue weighted by molar-refractivity contribution is -0.116. The number of aromatic carboxylic acids is 1. The smallest absolute Gasteiger partial charge is 0.339 e. The number of anilines is 1. The third-order valence-electron chi connectivity index (χ3n) is 4.45. The van der Waals surface area contributed by atoms with Gasteiger partial charge in [-0.15, -0.1) is 0 Å². The maximum absolute atomic E-state index is 13.3. The summed E-state index contributed by atoms with van der Waals surface area (Å²) >= 11 is 0. The van der Waals surface area contributed by atoms with E-state index in [2.05, 4.69) is 10.3 Å². The molecule has 0 saturated heterocycles. The summed E-state index contributed by atoms with van der Waals surface area (Å²) < 4.78 is 15.0. The van der Waals surface area contributed by atoms with Crippen molar-refractivity contribution in [1.29, 1.82) is 0 Å². The molecule has 1 amide bonds. The van der Waals surface area contributed by atoms with Crippen molar-refractivity contribution in [2.24, 2.45) is 0 Å². The van der Waals surface area contributed by atoms with Crippen molar-refractivity contribution >= 4 is 17.6 Å². The molecule has 1 aliphatic heterocycles. The first-order valence-corrected chi connectivity index (χ1v) is 7.99. The van der Waals surface area contributed by atoms with Crippen molar-refractivity contribution in [3.05, 3.63) is 77.6 Å². The fourth-order valence-corrected chi connectivity index (χ4v) is 3.30. The van der Waals surface area contributed by atoms with Crippen molar-refractivity contribution in [2.45, 2.75) is 12.3 Å². The van der Waals surface area contributed by atoms with Crippen LogP contribution in [0.4, 0.5) is 10.1 Å². The summed E-state index contributed by atoms with van der Waals surface area (Å²) in [7, 11) is 0. The molecule has 0 saturated carbocycles. The Balaban J connectivity index is 1.97. The van der Waals surface area contributed by atoms with Gasteiger partial charge in [-0.1, -0.05) is 6.07 Å². The largest absolute Gasteiger partial charge is 0.478 e. The fourth-order valence-electron chi connectivity index (χ4n) is 3.30. The topological polar surface area (TPSA) is 84.2 Å². The van der Waals surface area contributed by atoms with Crippen LogP contribution in [-0.4, -0.2) is 26.5 Å². The van der Waals surface area contributed by atoms with Crippen molar-refractivity contribution in [2.75, 3.05) is 5.32 Å². The van der Waals surface area contributed by atoms with Crippen molar-refractivity contribution in [1.82, 2.24) is 9.55 Å². The Hall–Kier alpha value is -3.48. The van der Waals surface area contributed by atoms with Crippen LogP contribution in [0.5, 0.6) is 0 Å². The highest BCUT2D eigenvalue weighted by Gasteiger charge is 2.34. The van der Waals surface area contributed by atoms with Crippen molar-refractivity contribution in [3.63, 3.8) is 0 Å². The van der Waals surface area contributed by atoms with Crippen LogP contribution < -0.4 is 5.32 Å². The lowest BCUT2D eigenvalue weighted by Gasteiger charge is -2.26. The maximum atomic E-state index is 13.3. The summed E-state index contributed by atoms with van der Waals surface area (Å²) in [4.78, 5) is 28.0. The van der Waals surface area contributed by atoms with Gasteiger partial charge in [0, 0.05) is 36.6 Å². The van der Waals surface area contributed by atoms with Gasteiger partial charge in [0.25, 0.3) is 0 Å². The SMILES string of the molecule is O=C1C[C@H](c2cccnc2)c2c(c(C(=O)O)cn2-c2ccc(F)cc2)N1. The van der Waals surface area contributed by atoms with Crippen LogP contribution in [0, 0.1) is 5.82 Å². The summed E-state index contributed by atoms with van der Waals surface area (Å²) in [6.07, 6.45) is 4.92. The predicted octanol–water partition coefficient (Wildman–Crippen LogP) is 3.18. The number of nitrogens with zero attached hydrogens (tertiary/aromatic N) is 2. The van der Waals surface area contributed by atoms with Gasteiger partial charge in [-0.25, -0.2) is 9.18 Å². The number of carbonyl (C=O) groups is 2. The highest BCUT2D eigenvalue weighted by Crippen LogP contribution is 2.41. The Bertz CT molecular complexity index is 997. The maximum Gasteiger partial charge on any atom is 0.339 e. The van der Waals surface area contributed by atoms with E-state index in [1.165, 1.54) is 18.3 Å². The second-order valence-corrected chi connectivity index (χ2v) is 6.05. The molecule has 4 rings (SSSR count). The number of halogens is 1. The van der Waals surface area contributed by atoms with Crippen molar-refractivity contribution in [3.8, 4) is 5.69 Å². The highest BCUT2D eigenvalue weighted by atomic mass is 19.1. The minimum atomic E-state index is -1.14. The van der Waals surface area contributed by atoms with Gasteiger partial charge < -0.3 is 15.0 Å². The third kappa shape index (κ3) is 2.63. The second kappa shape index (κ2) is 6.11. The number of nitrogens with one attached hydrogen (secondary N) is 1. The molecule has 0 spiro atoms. The normalized spacial score (nSPS) is 16.0. The number of hydrogen-bond acceptors (Lipinski definition) is 3. The zero-order chi connectivity index (χ0) is 18.3. The number of fused-ring (bicyclic) bond motifs is 1. The molecule has 2 N–H and O–H groups in total. The molecule has 0 radical (unpaired) electrons. The highest BCUT2D eigenvalue weighted by molar-refractivity contribution is 6.04. The molecule has 6 nitrogen and oxygen atoms in total. The number of rotatable bonds is 3. The van der Waals surface area contributed by atoms with Gasteiger partial charge in [0.2, 0.25) is 5.91 Å². The van der Waals surface area contributed by atoms with Crippen LogP contribution in [0.15, 0.2) is 55.0 Å². The Morgan fingerprint density at radius 2 is 2.04 bits per heavy atom. The molecule has 26 heavy (non-hydrogen) atoms. The molecule has 7 heteroatoms. The second-order valence-electron chi connectivity index (χ2n) is 6.05. The third-order valence-corrected chi connectivity index (χ3v) is 4.45. The van der Waals surface area contributed by atoms with Gasteiger partial charge in [0.15, 0.2) is 0 Å². The van der Waals surface area contributed by atoms with E-state index >= 15 is 0 Å². The van der Waals surface area contributed by atoms with Gasteiger partial charge in [-0.3, -0.25) is 9.78 Å². The van der Waals surface area contributed by atoms with E-state index in [4.69, 9.17) is 0 Å². The first-order chi connectivity index (χ1) is 12.5. The van der Waals surface area contributed by atoms with Gasteiger partial charge in [-0.2, -0.15) is 0 Å². The van der Waals surface area contributed by atoms with Crippen molar-refractivity contribution < 1.29 is 19.1 Å². The lowest BCUT2D eigenvalue weighted by atomic mass is 9.89. The van der Waals surface area contributed by atoms with Crippen LogP contribution >= 0.6 is 0 Å². The number of hydrogen-bond donors (Lipinski definition) is 2. The summed E-state index contributed by atoms with van der Waals surface area (Å²) in [5, 5.41) is 12.2. The van der Waals surface area contributed by atoms with E-state index < -0.39 is 5.97 Å². The number of benzene rings is 1. The summed E-state index contributed by atoms with van der Waals surface area (Å²) in [6.45, 7) is 0. The Labute approximate surface area is 147 Å². The van der Waals surface area contributed by atoms with Crippen LogP contribution in [0.3, 0.4) is 0 Å². The molecule has 0 aliphatic carbocycles. The minimum Gasteiger partial charge on any atom is -0.478 e. The molecule has 130 valence electrons. The van der Waals surface area contributed by atoms with Crippen LogP contribution in [0.2, 0.25) is 0 Å². The van der Waals surface area contributed by atoms with Crippen LogP contribution in [-0.2, 0) is 4.79 Å². The zero-order valence-electron chi connectivity index (χ0n) is 13.5. The van der Waals surface area contributed by atoms with Gasteiger partial charge >= 0.3 is 5.97 Å². The zero-order valence-corrected chi connectivity index (χ0v) is 13.5. The molecule has 3 heterocycles. The summed E-state index contributed by atoms with van der Waals surface area (Å²) in [5.74, 6) is -2.14. The number of carboxylic acid groups (broad SMARTS) is 1. The molecule has 3 aromatic rings. The summed E-state index contributed by atoms with van der Waals surface area (Å²) in [6, 6.07) is 9.37. The number of carbonyl (C=O) groups excluding carboxylic acids is 1. The number of amides is 1. The Morgan fingerprint density at radius 3 is 2.69 bits per heavy atom. The molecule has 1 aromatic carbocycles. The van der Waals surface area contributed by atoms with E-state index in [1.54, 1.807) is 35.2 Å². The van der Waals surface area contributed by atoms with E-state index in [9.17, 15) is 19.1 Å². The average Bonchev–Trinajstić information content (AvgIpc) is 3.02. The molecule has 2 aromatic heterocycles. The minimum absolute atomic E-state index is 0.00809. The lowest BCUT2D eigenvalue weighted by Crippen LogP contribution is -2.25. The number of carboxylic acids is 1. The van der Waals surface area contributed by atoms with Gasteiger partial charge in [0.05, 0.1) is 11.4 Å². The Morgan fingerprint density at radius 1 is 1.27 bits per heavy atom.